The van der Waals surface area contributed by atoms with Crippen molar-refractivity contribution in [1.29, 1.82) is 5.26 Å². The first-order valence-electron chi connectivity index (χ1n) is 7.75. The number of nitrogens with zero attached hydrogens (tertiary/aromatic N) is 4. The van der Waals surface area contributed by atoms with Crippen LogP contribution in [-0.2, 0) is 0 Å². The molecule has 0 atom stereocenters. The molecule has 0 unspecified atom stereocenters. The quantitative estimate of drug-likeness (QED) is 0.380. The van der Waals surface area contributed by atoms with Crippen LogP contribution in [0.1, 0.15) is 23.9 Å². The van der Waals surface area contributed by atoms with Gasteiger partial charge in [-0.2, -0.15) is 5.26 Å². The van der Waals surface area contributed by atoms with Crippen molar-refractivity contribution >= 4 is 50.5 Å². The molecule has 3 aromatic rings. The minimum Gasteiger partial charge on any atom is -0.510 e. The summed E-state index contributed by atoms with van der Waals surface area (Å²) in [5.74, 6) is 0.0248. The van der Waals surface area contributed by atoms with Gasteiger partial charge in [0.15, 0.2) is 5.16 Å². The van der Waals surface area contributed by atoms with E-state index >= 15 is 0 Å². The van der Waals surface area contributed by atoms with E-state index in [9.17, 15) is 15.2 Å². The maximum atomic E-state index is 11.8. The Morgan fingerprint density at radius 3 is 3.08 bits per heavy atom. The second-order valence-electron chi connectivity index (χ2n) is 5.77. The number of hydrogen-bond acceptors (Lipinski definition) is 7. The van der Waals surface area contributed by atoms with Crippen molar-refractivity contribution < 1.29 is 5.11 Å². The molecule has 0 amide bonds. The van der Waals surface area contributed by atoms with Crippen molar-refractivity contribution in [3.8, 4) is 6.07 Å². The molecule has 1 saturated carbocycles. The van der Waals surface area contributed by atoms with Gasteiger partial charge in [0.2, 0.25) is 0 Å². The van der Waals surface area contributed by atoms with Crippen molar-refractivity contribution in [1.82, 2.24) is 19.7 Å². The molecule has 10 heteroatoms. The van der Waals surface area contributed by atoms with E-state index in [1.807, 2.05) is 12.1 Å². The fourth-order valence-corrected chi connectivity index (χ4v) is 4.52. The van der Waals surface area contributed by atoms with E-state index < -0.39 is 0 Å². The Kier molecular flexibility index (Phi) is 4.48. The second kappa shape index (κ2) is 6.79. The van der Waals surface area contributed by atoms with Gasteiger partial charge >= 0.3 is 5.69 Å². The van der Waals surface area contributed by atoms with Crippen LogP contribution >= 0.6 is 34.7 Å². The summed E-state index contributed by atoms with van der Waals surface area (Å²) in [4.78, 5) is 16.2. The summed E-state index contributed by atoms with van der Waals surface area (Å²) < 4.78 is 2.48. The molecular weight excluding hydrogens is 394 g/mol. The number of hydrogen-bond donors (Lipinski definition) is 2. The van der Waals surface area contributed by atoms with Crippen LogP contribution in [0, 0.1) is 11.3 Å². The van der Waals surface area contributed by atoms with E-state index in [1.54, 1.807) is 16.7 Å². The molecule has 1 aliphatic rings. The van der Waals surface area contributed by atoms with Gasteiger partial charge < -0.3 is 5.11 Å². The van der Waals surface area contributed by atoms with Crippen LogP contribution in [0.25, 0.3) is 15.8 Å². The molecule has 0 radical (unpaired) electrons. The van der Waals surface area contributed by atoms with Crippen molar-refractivity contribution in [3.05, 3.63) is 44.5 Å². The lowest BCUT2D eigenvalue weighted by atomic mass is 10.2. The zero-order valence-electron chi connectivity index (χ0n) is 13.3. The number of halogens is 1. The molecule has 1 aromatic carbocycles. The summed E-state index contributed by atoms with van der Waals surface area (Å²) in [6, 6.07) is 7.50. The van der Waals surface area contributed by atoms with Crippen LogP contribution in [-0.4, -0.2) is 30.6 Å². The van der Waals surface area contributed by atoms with Crippen molar-refractivity contribution in [3.63, 3.8) is 0 Å². The molecule has 2 heterocycles. The highest BCUT2D eigenvalue weighted by Crippen LogP contribution is 2.36. The highest BCUT2D eigenvalue weighted by Gasteiger charge is 2.28. The maximum Gasteiger partial charge on any atom is 0.344 e. The number of thioether (sulfide) groups is 1. The molecule has 26 heavy (non-hydrogen) atoms. The third-order valence-corrected chi connectivity index (χ3v) is 6.14. The molecule has 1 fully saturated rings. The SMILES string of the molecule is N#C/C(=C(\O)CSc1n[nH]c(=O)n1C1CC1)c1nc2cc(Cl)ccc2s1. The van der Waals surface area contributed by atoms with Gasteiger partial charge in [0.25, 0.3) is 0 Å². The van der Waals surface area contributed by atoms with Gasteiger partial charge in [0.05, 0.1) is 16.0 Å². The van der Waals surface area contributed by atoms with Crippen LogP contribution in [0.4, 0.5) is 0 Å². The molecule has 0 spiro atoms. The number of aliphatic hydroxyl groups is 1. The fourth-order valence-electron chi connectivity index (χ4n) is 2.50. The average molecular weight is 406 g/mol. The van der Waals surface area contributed by atoms with Gasteiger partial charge in [-0.1, -0.05) is 23.4 Å². The van der Waals surface area contributed by atoms with E-state index in [1.165, 1.54) is 23.1 Å². The van der Waals surface area contributed by atoms with Crippen LogP contribution in [0.3, 0.4) is 0 Å². The van der Waals surface area contributed by atoms with Gasteiger partial charge in [0.1, 0.15) is 22.4 Å². The first-order chi connectivity index (χ1) is 12.6. The number of aliphatic hydroxyl groups excluding tert-OH is 1. The molecule has 7 nitrogen and oxygen atoms in total. The lowest BCUT2D eigenvalue weighted by Gasteiger charge is -2.04. The summed E-state index contributed by atoms with van der Waals surface area (Å²) in [6.07, 6.45) is 1.90. The molecular formula is C16H12ClN5O2S2. The Morgan fingerprint density at radius 2 is 2.35 bits per heavy atom. The fraction of sp³-hybridized carbons (Fsp3) is 0.250. The summed E-state index contributed by atoms with van der Waals surface area (Å²) in [5.41, 5.74) is 0.549. The smallest absolute Gasteiger partial charge is 0.344 e. The minimum atomic E-state index is -0.248. The van der Waals surface area contributed by atoms with E-state index in [0.29, 0.717) is 20.7 Å². The number of fused-ring (bicyclic) bond motifs is 1. The molecule has 2 aromatic heterocycles. The average Bonchev–Trinajstić information content (AvgIpc) is 3.26. The van der Waals surface area contributed by atoms with Crippen molar-refractivity contribution in [2.75, 3.05) is 5.75 Å². The maximum absolute atomic E-state index is 11.8. The lowest BCUT2D eigenvalue weighted by molar-refractivity contribution is 0.420. The predicted octanol–water partition coefficient (Wildman–Crippen LogP) is 3.75. The number of aromatic amines is 1. The minimum absolute atomic E-state index is 0.0968. The first kappa shape index (κ1) is 17.1. The number of thiazole rings is 1. The molecule has 0 bridgehead atoms. The van der Waals surface area contributed by atoms with Crippen LogP contribution in [0.5, 0.6) is 0 Å². The predicted molar refractivity (Wildman–Crippen MR) is 102 cm³/mol. The van der Waals surface area contributed by atoms with Gasteiger partial charge in [-0.25, -0.2) is 14.9 Å². The Labute approximate surface area is 160 Å². The third-order valence-electron chi connectivity index (χ3n) is 3.89. The number of rotatable bonds is 5. The monoisotopic (exact) mass is 405 g/mol. The first-order valence-corrected chi connectivity index (χ1v) is 9.93. The van der Waals surface area contributed by atoms with Crippen molar-refractivity contribution in [2.24, 2.45) is 0 Å². The summed E-state index contributed by atoms with van der Waals surface area (Å²) in [5, 5.41) is 27.8. The molecule has 0 aliphatic heterocycles. The van der Waals surface area contributed by atoms with E-state index in [0.717, 1.165) is 17.5 Å². The number of H-pyrrole nitrogens is 1. The number of allylic oxidation sites excluding steroid dienone is 1. The van der Waals surface area contributed by atoms with Gasteiger partial charge in [0, 0.05) is 11.1 Å². The van der Waals surface area contributed by atoms with Gasteiger partial charge in [-0.05, 0) is 31.0 Å². The molecule has 2 N–H and O–H groups in total. The molecule has 1 aliphatic carbocycles. The zero-order chi connectivity index (χ0) is 18.3. The molecule has 4 rings (SSSR count). The largest absolute Gasteiger partial charge is 0.510 e. The Morgan fingerprint density at radius 1 is 1.54 bits per heavy atom. The second-order valence-corrected chi connectivity index (χ2v) is 8.18. The van der Waals surface area contributed by atoms with Crippen LogP contribution in [0.2, 0.25) is 5.02 Å². The highest BCUT2D eigenvalue weighted by molar-refractivity contribution is 7.99. The summed E-state index contributed by atoms with van der Waals surface area (Å²) >= 11 is 8.49. The van der Waals surface area contributed by atoms with Gasteiger partial charge in [-0.3, -0.25) is 4.57 Å². The van der Waals surface area contributed by atoms with Crippen molar-refractivity contribution in [2.45, 2.75) is 24.0 Å². The van der Waals surface area contributed by atoms with Gasteiger partial charge in [-0.15, -0.1) is 16.4 Å². The Balaban J connectivity index is 1.60. The Bertz CT molecular complexity index is 1120. The third kappa shape index (κ3) is 3.23. The topological polar surface area (TPSA) is 108 Å². The number of aromatic nitrogens is 4. The van der Waals surface area contributed by atoms with E-state index in [-0.39, 0.29) is 28.8 Å². The molecule has 0 saturated heterocycles. The van der Waals surface area contributed by atoms with E-state index in [2.05, 4.69) is 15.2 Å². The van der Waals surface area contributed by atoms with Crippen LogP contribution < -0.4 is 5.69 Å². The standard InChI is InChI=1S/C16H12ClN5O2S2/c17-8-1-4-13-11(5-8)19-14(26-13)10(6-18)12(23)7-25-16-21-20-15(24)22(16)9-2-3-9/h1,4-5,9,23H,2-3,7H2,(H,20,24)/b12-10+. The molecule has 132 valence electrons. The van der Waals surface area contributed by atoms with Crippen LogP contribution in [0.15, 0.2) is 33.9 Å². The normalized spacial score (nSPS) is 15.1. The lowest BCUT2D eigenvalue weighted by Crippen LogP contribution is -2.16. The number of nitrogens with one attached hydrogen (secondary N) is 1. The zero-order valence-corrected chi connectivity index (χ0v) is 15.7. The number of benzene rings is 1. The highest BCUT2D eigenvalue weighted by atomic mass is 35.5. The Hall–Kier alpha value is -2.28. The van der Waals surface area contributed by atoms with E-state index in [4.69, 9.17) is 11.6 Å². The number of nitriles is 1. The summed E-state index contributed by atoms with van der Waals surface area (Å²) in [6.45, 7) is 0. The summed E-state index contributed by atoms with van der Waals surface area (Å²) in [7, 11) is 0.